The highest BCUT2D eigenvalue weighted by atomic mass is 16.7. The average Bonchev–Trinajstić information content (AvgIpc) is 3.11. The fourth-order valence-corrected chi connectivity index (χ4v) is 3.30. The van der Waals surface area contributed by atoms with Crippen molar-refractivity contribution in [1.82, 2.24) is 4.90 Å². The zero-order valence-corrected chi connectivity index (χ0v) is 17.1. The molecule has 0 fully saturated rings. The summed E-state index contributed by atoms with van der Waals surface area (Å²) in [6.07, 6.45) is -0.531. The minimum absolute atomic E-state index is 0.275. The molecular formula is C23H31NO4. The van der Waals surface area contributed by atoms with Gasteiger partial charge >= 0.3 is 0 Å². The van der Waals surface area contributed by atoms with Crippen molar-refractivity contribution in [1.29, 1.82) is 0 Å². The maximum atomic E-state index is 10.5. The Bertz CT molecular complexity index is 762. The highest BCUT2D eigenvalue weighted by molar-refractivity contribution is 5.44. The topological polar surface area (TPSA) is 51.2 Å². The second kappa shape index (κ2) is 9.92. The van der Waals surface area contributed by atoms with Crippen molar-refractivity contribution in [3.63, 3.8) is 0 Å². The quantitative estimate of drug-likeness (QED) is 0.675. The Labute approximate surface area is 167 Å². The van der Waals surface area contributed by atoms with Gasteiger partial charge in [0, 0.05) is 26.2 Å². The fraction of sp³-hybridized carbons (Fsp3) is 0.478. The first-order valence-electron chi connectivity index (χ1n) is 9.92. The maximum absolute atomic E-state index is 10.5. The molecule has 5 nitrogen and oxygen atoms in total. The van der Waals surface area contributed by atoms with Crippen LogP contribution >= 0.6 is 0 Å². The predicted molar refractivity (Wildman–Crippen MR) is 110 cm³/mol. The summed E-state index contributed by atoms with van der Waals surface area (Å²) in [5.41, 5.74) is 3.65. The lowest BCUT2D eigenvalue weighted by molar-refractivity contribution is 0.00551. The molecule has 0 aliphatic carbocycles. The number of aliphatic hydroxyl groups is 1. The summed E-state index contributed by atoms with van der Waals surface area (Å²) in [4.78, 5) is 2.25. The Morgan fingerprint density at radius 2 is 1.82 bits per heavy atom. The van der Waals surface area contributed by atoms with Gasteiger partial charge in [-0.15, -0.1) is 0 Å². The number of benzene rings is 2. The zero-order chi connectivity index (χ0) is 19.9. The van der Waals surface area contributed by atoms with Gasteiger partial charge in [0.05, 0.1) is 12.7 Å². The minimum Gasteiger partial charge on any atom is -0.454 e. The van der Waals surface area contributed by atoms with Gasteiger partial charge < -0.3 is 19.3 Å². The van der Waals surface area contributed by atoms with E-state index in [9.17, 15) is 5.11 Å². The molecule has 0 saturated carbocycles. The Hall–Kier alpha value is -2.08. The summed E-state index contributed by atoms with van der Waals surface area (Å²) < 4.78 is 16.5. The second-order valence-corrected chi connectivity index (χ2v) is 7.87. The second-order valence-electron chi connectivity index (χ2n) is 7.87. The highest BCUT2D eigenvalue weighted by Gasteiger charge is 2.17. The number of fused-ring (bicyclic) bond motifs is 1. The normalized spacial score (nSPS) is 14.1. The molecule has 2 aromatic carbocycles. The van der Waals surface area contributed by atoms with Crippen molar-refractivity contribution >= 4 is 0 Å². The van der Waals surface area contributed by atoms with Crippen LogP contribution < -0.4 is 9.47 Å². The molecule has 2 aromatic rings. The monoisotopic (exact) mass is 385 g/mol. The lowest BCUT2D eigenvalue weighted by atomic mass is 10.1. The van der Waals surface area contributed by atoms with Crippen molar-refractivity contribution in [2.24, 2.45) is 5.92 Å². The minimum atomic E-state index is -0.531. The molecule has 0 radical (unpaired) electrons. The zero-order valence-electron chi connectivity index (χ0n) is 17.1. The molecule has 1 aliphatic rings. The number of aliphatic hydroxyl groups excluding tert-OH is 1. The van der Waals surface area contributed by atoms with Crippen LogP contribution in [0.5, 0.6) is 11.5 Å². The van der Waals surface area contributed by atoms with E-state index >= 15 is 0 Å². The van der Waals surface area contributed by atoms with E-state index in [2.05, 4.69) is 56.0 Å². The number of hydrogen-bond acceptors (Lipinski definition) is 5. The summed E-state index contributed by atoms with van der Waals surface area (Å²) in [6, 6.07) is 14.4. The molecule has 1 atom stereocenters. The third-order valence-electron chi connectivity index (χ3n) is 4.73. The smallest absolute Gasteiger partial charge is 0.231 e. The van der Waals surface area contributed by atoms with E-state index in [4.69, 9.17) is 14.2 Å². The molecule has 0 unspecified atom stereocenters. The molecule has 5 heteroatoms. The van der Waals surface area contributed by atoms with Gasteiger partial charge in [-0.25, -0.2) is 0 Å². The summed E-state index contributed by atoms with van der Waals surface area (Å²) in [5.74, 6) is 2.04. The van der Waals surface area contributed by atoms with Gasteiger partial charge in [-0.05, 0) is 41.7 Å². The summed E-state index contributed by atoms with van der Waals surface area (Å²) in [7, 11) is 0. The van der Waals surface area contributed by atoms with Crippen molar-refractivity contribution in [3.8, 4) is 11.5 Å². The van der Waals surface area contributed by atoms with Gasteiger partial charge in [-0.2, -0.15) is 0 Å². The SMILES string of the molecule is Cc1ccccc1CN(Cc1ccc2c(c1)OCO2)C[C@@H](O)COCC(C)C. The Kier molecular flexibility index (Phi) is 7.31. The standard InChI is InChI=1S/C23H31NO4/c1-17(2)14-26-15-21(25)13-24(12-20-7-5-4-6-18(20)3)11-19-8-9-22-23(10-19)28-16-27-22/h4-10,17,21,25H,11-16H2,1-3H3/t21-/m1/s1. The van der Waals surface area contributed by atoms with E-state index in [1.54, 1.807) is 0 Å². The molecule has 28 heavy (non-hydrogen) atoms. The van der Waals surface area contributed by atoms with Crippen molar-refractivity contribution < 1.29 is 19.3 Å². The lowest BCUT2D eigenvalue weighted by Crippen LogP contribution is -2.34. The lowest BCUT2D eigenvalue weighted by Gasteiger charge is -2.26. The van der Waals surface area contributed by atoms with Crippen LogP contribution in [0.15, 0.2) is 42.5 Å². The summed E-state index contributed by atoms with van der Waals surface area (Å²) in [5, 5.41) is 10.5. The largest absolute Gasteiger partial charge is 0.454 e. The number of rotatable bonds is 10. The molecule has 1 heterocycles. The average molecular weight is 386 g/mol. The number of ether oxygens (including phenoxy) is 3. The third kappa shape index (κ3) is 5.96. The molecule has 1 N–H and O–H groups in total. The first kappa shape index (κ1) is 20.6. The van der Waals surface area contributed by atoms with E-state index in [1.165, 1.54) is 11.1 Å². The highest BCUT2D eigenvalue weighted by Crippen LogP contribution is 2.33. The number of hydrogen-bond donors (Lipinski definition) is 1. The Morgan fingerprint density at radius 1 is 1.04 bits per heavy atom. The first-order chi connectivity index (χ1) is 13.5. The van der Waals surface area contributed by atoms with Crippen LogP contribution in [0, 0.1) is 12.8 Å². The number of aryl methyl sites for hydroxylation is 1. The van der Waals surface area contributed by atoms with Gasteiger partial charge in [-0.3, -0.25) is 4.90 Å². The molecule has 0 bridgehead atoms. The van der Waals surface area contributed by atoms with Gasteiger partial charge in [0.2, 0.25) is 6.79 Å². The van der Waals surface area contributed by atoms with Crippen molar-refractivity contribution in [3.05, 3.63) is 59.2 Å². The Balaban J connectivity index is 1.67. The van der Waals surface area contributed by atoms with Crippen LogP contribution in [0.25, 0.3) is 0 Å². The Morgan fingerprint density at radius 3 is 2.61 bits per heavy atom. The van der Waals surface area contributed by atoms with Crippen molar-refractivity contribution in [2.75, 3.05) is 26.6 Å². The van der Waals surface area contributed by atoms with Gasteiger partial charge in [-0.1, -0.05) is 44.2 Å². The van der Waals surface area contributed by atoms with Gasteiger partial charge in [0.15, 0.2) is 11.5 Å². The summed E-state index contributed by atoms with van der Waals surface area (Å²) in [6.45, 7) is 9.65. The maximum Gasteiger partial charge on any atom is 0.231 e. The van der Waals surface area contributed by atoms with E-state index < -0.39 is 6.10 Å². The predicted octanol–water partition coefficient (Wildman–Crippen LogP) is 3.76. The van der Waals surface area contributed by atoms with Crippen LogP contribution in [0.1, 0.15) is 30.5 Å². The van der Waals surface area contributed by atoms with E-state index in [1.807, 2.05) is 12.1 Å². The van der Waals surface area contributed by atoms with Crippen LogP contribution in [-0.4, -0.2) is 42.7 Å². The molecule has 0 amide bonds. The first-order valence-corrected chi connectivity index (χ1v) is 9.92. The van der Waals surface area contributed by atoms with Crippen molar-refractivity contribution in [2.45, 2.75) is 40.0 Å². The molecule has 152 valence electrons. The van der Waals surface area contributed by atoms with E-state index in [0.29, 0.717) is 32.2 Å². The fourth-order valence-electron chi connectivity index (χ4n) is 3.30. The molecule has 0 saturated heterocycles. The third-order valence-corrected chi connectivity index (χ3v) is 4.73. The van der Waals surface area contributed by atoms with E-state index in [-0.39, 0.29) is 6.79 Å². The van der Waals surface area contributed by atoms with E-state index in [0.717, 1.165) is 23.6 Å². The molecule has 3 rings (SSSR count). The molecule has 0 spiro atoms. The molecular weight excluding hydrogens is 354 g/mol. The van der Waals surface area contributed by atoms with Crippen LogP contribution in [0.3, 0.4) is 0 Å². The van der Waals surface area contributed by atoms with Crippen LogP contribution in [0.2, 0.25) is 0 Å². The van der Waals surface area contributed by atoms with Crippen LogP contribution in [-0.2, 0) is 17.8 Å². The number of nitrogens with zero attached hydrogens (tertiary/aromatic N) is 1. The van der Waals surface area contributed by atoms with Crippen LogP contribution in [0.4, 0.5) is 0 Å². The van der Waals surface area contributed by atoms with Gasteiger partial charge in [0.25, 0.3) is 0 Å². The molecule has 1 aliphatic heterocycles. The molecule has 0 aromatic heterocycles. The van der Waals surface area contributed by atoms with Gasteiger partial charge in [0.1, 0.15) is 0 Å². The summed E-state index contributed by atoms with van der Waals surface area (Å²) >= 11 is 0.